The maximum Gasteiger partial charge on any atom is 0.315 e. The number of pyridine rings is 1. The molecule has 0 bridgehead atoms. The summed E-state index contributed by atoms with van der Waals surface area (Å²) >= 11 is 0. The van der Waals surface area contributed by atoms with Gasteiger partial charge in [0, 0.05) is 5.39 Å². The molecular weight excluding hydrogens is 366 g/mol. The number of esters is 1. The van der Waals surface area contributed by atoms with Crippen molar-refractivity contribution in [3.05, 3.63) is 47.7 Å². The van der Waals surface area contributed by atoms with Gasteiger partial charge in [-0.15, -0.1) is 0 Å². The topological polar surface area (TPSA) is 79.7 Å². The zero-order chi connectivity index (χ0) is 21.0. The molecule has 0 aliphatic heterocycles. The molecule has 2 aromatic rings. The first-order valence-corrected chi connectivity index (χ1v) is 10.5. The summed E-state index contributed by atoms with van der Waals surface area (Å²) in [6.07, 6.45) is 5.30. The lowest BCUT2D eigenvalue weighted by molar-refractivity contribution is -0.155. The number of carbonyl (C=O) groups is 1. The van der Waals surface area contributed by atoms with Gasteiger partial charge in [-0.25, -0.2) is 0 Å². The Labute approximate surface area is 172 Å². The predicted octanol–water partition coefficient (Wildman–Crippen LogP) is 4.42. The minimum absolute atomic E-state index is 0.0918. The number of aromatic nitrogens is 1. The summed E-state index contributed by atoms with van der Waals surface area (Å²) in [4.78, 5) is 17.3. The second-order valence-electron chi connectivity index (χ2n) is 8.32. The monoisotopic (exact) mass is 397 g/mol. The molecule has 0 radical (unpaired) electrons. The Morgan fingerprint density at radius 1 is 1.28 bits per heavy atom. The summed E-state index contributed by atoms with van der Waals surface area (Å²) in [5.41, 5.74) is 1.73. The van der Waals surface area contributed by atoms with Gasteiger partial charge < -0.3 is 14.9 Å². The molecule has 0 spiro atoms. The van der Waals surface area contributed by atoms with Crippen LogP contribution in [0.3, 0.4) is 0 Å². The summed E-state index contributed by atoms with van der Waals surface area (Å²) in [5, 5.41) is 21.2. The van der Waals surface area contributed by atoms with Crippen LogP contribution in [-0.4, -0.2) is 33.9 Å². The molecule has 1 unspecified atom stereocenters. The van der Waals surface area contributed by atoms with Gasteiger partial charge in [0.15, 0.2) is 0 Å². The highest BCUT2D eigenvalue weighted by molar-refractivity contribution is 5.83. The van der Waals surface area contributed by atoms with E-state index in [1.54, 1.807) is 0 Å². The van der Waals surface area contributed by atoms with E-state index in [0.29, 0.717) is 38.0 Å². The lowest BCUT2D eigenvalue weighted by Crippen LogP contribution is -2.36. The predicted molar refractivity (Wildman–Crippen MR) is 114 cm³/mol. The Morgan fingerprint density at radius 3 is 2.62 bits per heavy atom. The van der Waals surface area contributed by atoms with Crippen molar-refractivity contribution in [1.82, 2.24) is 4.98 Å². The maximum absolute atomic E-state index is 12.6. The molecule has 1 atom stereocenters. The molecule has 1 aliphatic rings. The third-order valence-corrected chi connectivity index (χ3v) is 5.80. The minimum Gasteiger partial charge on any atom is -0.465 e. The number of fused-ring (bicyclic) bond motifs is 1. The van der Waals surface area contributed by atoms with Crippen LogP contribution >= 0.6 is 0 Å². The molecule has 3 rings (SSSR count). The minimum atomic E-state index is -0.687. The normalized spacial score (nSPS) is 23.6. The first-order valence-electron chi connectivity index (χ1n) is 10.5. The Balaban J connectivity index is 1.90. The molecule has 29 heavy (non-hydrogen) atoms. The molecule has 1 aromatic heterocycles. The van der Waals surface area contributed by atoms with E-state index < -0.39 is 11.5 Å². The van der Waals surface area contributed by atoms with E-state index in [2.05, 4.69) is 4.98 Å². The molecule has 2 N–H and O–H groups in total. The SMILES string of the molecule is CCOC(=O)C1(C=Cc2ccc3ccc(C(O)C(C)C)nc3c2)CCC(O)CC1. The number of carbonyl (C=O) groups excluding carboxylic acids is 1. The Kier molecular flexibility index (Phi) is 6.70. The van der Waals surface area contributed by atoms with Crippen LogP contribution < -0.4 is 0 Å². The highest BCUT2D eigenvalue weighted by Crippen LogP contribution is 2.39. The molecule has 1 saturated carbocycles. The quantitative estimate of drug-likeness (QED) is 0.705. The van der Waals surface area contributed by atoms with Crippen LogP contribution in [0.2, 0.25) is 0 Å². The number of hydrogen-bond acceptors (Lipinski definition) is 5. The summed E-state index contributed by atoms with van der Waals surface area (Å²) in [6, 6.07) is 9.80. The van der Waals surface area contributed by atoms with E-state index in [0.717, 1.165) is 16.5 Å². The van der Waals surface area contributed by atoms with Crippen LogP contribution in [0.5, 0.6) is 0 Å². The summed E-state index contributed by atoms with van der Waals surface area (Å²) in [6.45, 7) is 6.08. The largest absolute Gasteiger partial charge is 0.465 e. The number of benzene rings is 1. The van der Waals surface area contributed by atoms with E-state index in [-0.39, 0.29) is 18.0 Å². The fraction of sp³-hybridized carbons (Fsp3) is 0.500. The van der Waals surface area contributed by atoms with Gasteiger partial charge in [-0.2, -0.15) is 0 Å². The van der Waals surface area contributed by atoms with Gasteiger partial charge in [0.1, 0.15) is 0 Å². The number of nitrogens with zero attached hydrogens (tertiary/aromatic N) is 1. The van der Waals surface area contributed by atoms with Crippen molar-refractivity contribution in [2.45, 2.75) is 58.7 Å². The third-order valence-electron chi connectivity index (χ3n) is 5.80. The molecular formula is C24H31NO4. The van der Waals surface area contributed by atoms with Gasteiger partial charge in [-0.1, -0.05) is 44.2 Å². The molecule has 5 heteroatoms. The molecule has 156 valence electrons. The second-order valence-corrected chi connectivity index (χ2v) is 8.32. The van der Waals surface area contributed by atoms with Crippen molar-refractivity contribution >= 4 is 22.9 Å². The average molecular weight is 398 g/mol. The fourth-order valence-corrected chi connectivity index (χ4v) is 3.85. The van der Waals surface area contributed by atoms with E-state index in [4.69, 9.17) is 4.74 Å². The number of hydrogen-bond donors (Lipinski definition) is 2. The number of aliphatic hydroxyl groups is 2. The van der Waals surface area contributed by atoms with Crippen molar-refractivity contribution in [3.8, 4) is 0 Å². The zero-order valence-electron chi connectivity index (χ0n) is 17.5. The first-order chi connectivity index (χ1) is 13.8. The highest BCUT2D eigenvalue weighted by atomic mass is 16.5. The van der Waals surface area contributed by atoms with Crippen LogP contribution in [0.4, 0.5) is 0 Å². The van der Waals surface area contributed by atoms with Gasteiger partial charge in [0.25, 0.3) is 0 Å². The lowest BCUT2D eigenvalue weighted by atomic mass is 9.72. The lowest BCUT2D eigenvalue weighted by Gasteiger charge is -2.34. The Morgan fingerprint density at radius 2 is 1.97 bits per heavy atom. The van der Waals surface area contributed by atoms with Gasteiger partial charge in [-0.05, 0) is 56.2 Å². The molecule has 1 aliphatic carbocycles. The summed E-state index contributed by atoms with van der Waals surface area (Å²) in [5.74, 6) is -0.126. The third kappa shape index (κ3) is 4.85. The van der Waals surface area contributed by atoms with Crippen molar-refractivity contribution in [3.63, 3.8) is 0 Å². The van der Waals surface area contributed by atoms with Crippen LogP contribution in [0.25, 0.3) is 17.0 Å². The van der Waals surface area contributed by atoms with E-state index in [1.165, 1.54) is 0 Å². The Hall–Kier alpha value is -2.24. The van der Waals surface area contributed by atoms with Crippen LogP contribution in [-0.2, 0) is 9.53 Å². The number of aliphatic hydroxyl groups excluding tert-OH is 2. The fourth-order valence-electron chi connectivity index (χ4n) is 3.85. The van der Waals surface area contributed by atoms with Crippen molar-refractivity contribution in [2.75, 3.05) is 6.61 Å². The van der Waals surface area contributed by atoms with Crippen LogP contribution in [0, 0.1) is 11.3 Å². The van der Waals surface area contributed by atoms with E-state index in [9.17, 15) is 15.0 Å². The van der Waals surface area contributed by atoms with Crippen molar-refractivity contribution < 1.29 is 19.7 Å². The van der Waals surface area contributed by atoms with E-state index in [1.807, 2.05) is 63.3 Å². The molecule has 0 saturated heterocycles. The molecule has 0 amide bonds. The van der Waals surface area contributed by atoms with E-state index >= 15 is 0 Å². The van der Waals surface area contributed by atoms with Crippen LogP contribution in [0.1, 0.15) is 63.8 Å². The molecule has 1 heterocycles. The first kappa shape index (κ1) is 21.5. The van der Waals surface area contributed by atoms with Crippen LogP contribution in [0.15, 0.2) is 36.4 Å². The maximum atomic E-state index is 12.6. The number of ether oxygens (including phenoxy) is 1. The van der Waals surface area contributed by atoms with Gasteiger partial charge in [0.2, 0.25) is 0 Å². The smallest absolute Gasteiger partial charge is 0.315 e. The standard InChI is InChI=1S/C24H31NO4/c1-4-29-23(28)24(13-10-19(26)11-14-24)12-9-17-5-6-18-7-8-20(22(27)16(2)3)25-21(18)15-17/h5-9,12,15-16,19,22,26-27H,4,10-11,13-14H2,1-3H3. The van der Waals surface area contributed by atoms with Gasteiger partial charge in [-0.3, -0.25) is 9.78 Å². The number of rotatable bonds is 6. The van der Waals surface area contributed by atoms with Crippen molar-refractivity contribution in [1.29, 1.82) is 0 Å². The molecule has 1 fully saturated rings. The molecule has 1 aromatic carbocycles. The average Bonchev–Trinajstić information content (AvgIpc) is 2.72. The second kappa shape index (κ2) is 9.06. The zero-order valence-corrected chi connectivity index (χ0v) is 17.5. The van der Waals surface area contributed by atoms with Gasteiger partial charge >= 0.3 is 5.97 Å². The summed E-state index contributed by atoms with van der Waals surface area (Å²) < 4.78 is 5.33. The van der Waals surface area contributed by atoms with Crippen molar-refractivity contribution in [2.24, 2.45) is 11.3 Å². The summed E-state index contributed by atoms with van der Waals surface area (Å²) in [7, 11) is 0. The van der Waals surface area contributed by atoms with Gasteiger partial charge in [0.05, 0.1) is 35.4 Å². The molecule has 5 nitrogen and oxygen atoms in total. The highest BCUT2D eigenvalue weighted by Gasteiger charge is 2.40. The Bertz CT molecular complexity index is 882.